The zero-order chi connectivity index (χ0) is 69.6. The zero-order valence-corrected chi connectivity index (χ0v) is 55.2. The van der Waals surface area contributed by atoms with Crippen molar-refractivity contribution in [1.82, 2.24) is 28.4 Å². The lowest BCUT2D eigenvalue weighted by molar-refractivity contribution is 0.0712. The van der Waals surface area contributed by atoms with Crippen molar-refractivity contribution in [1.29, 1.82) is 15.8 Å². The molecule has 0 radical (unpaired) electrons. The third-order valence-corrected chi connectivity index (χ3v) is 19.8. The number of hydrogen-bond acceptors (Lipinski definition) is 16. The Hall–Kier alpha value is -11.9. The van der Waals surface area contributed by atoms with Gasteiger partial charge in [-0.15, -0.1) is 22.7 Å². The van der Waals surface area contributed by atoms with Crippen LogP contribution in [0.25, 0.3) is 32.7 Å². The summed E-state index contributed by atoms with van der Waals surface area (Å²) in [5, 5.41) is 33.2. The van der Waals surface area contributed by atoms with Gasteiger partial charge >= 0.3 is 0 Å². The number of benzene rings is 5. The highest BCUT2D eigenvalue weighted by Gasteiger charge is 2.32. The number of Topliss-reactive ketones (excluding diaryl/α,β-unsaturated/α-hetero) is 1. The standard InChI is InChI=1S/C28H23FN4O3S.C26H21FN4O2S.C20H17FN4O3/c1-18(34)24-10-11-25(37-24)28(36)32-14-12-31(13-15-32)26-21-4-2-3-5-23(21)33(27(35)22(26)16-30)17-19-6-8-20(29)9-7-19;27-19-8-9-22-20(15-19)24(21(16-28)25(32)31(22)17-18-5-2-1-3-6-18)29-10-12-30(13-11-29)26(33)23-7-4-14-34-23;1-23-16-5-4-13(21)11-14(16)18(15(12-22)19(23)26)24-6-8-25(9-7-24)20(27)17-3-2-10-28-17/h2-11H,12-15,17H2,1H3;1-9,14-15H,10-13,17H2;2-5,10-11H,6-9H2,1H3. The molecular formula is C74H61F3N12O8S2. The molecule has 3 amide bonds. The molecule has 14 rings (SSSR count). The number of carbonyl (C=O) groups excluding carboxylic acids is 4. The number of aryl methyl sites for hydroxylation is 1. The first-order valence-corrected chi connectivity index (χ1v) is 33.3. The van der Waals surface area contributed by atoms with Gasteiger partial charge in [-0.05, 0) is 108 Å². The lowest BCUT2D eigenvalue weighted by Crippen LogP contribution is -2.49. The Bertz CT molecular complexity index is 5240. The van der Waals surface area contributed by atoms with Crippen LogP contribution in [-0.2, 0) is 20.1 Å². The van der Waals surface area contributed by atoms with Crippen LogP contribution in [0.3, 0.4) is 0 Å². The van der Waals surface area contributed by atoms with Crippen molar-refractivity contribution in [3.8, 4) is 18.2 Å². The molecule has 0 bridgehead atoms. The van der Waals surface area contributed by atoms with Gasteiger partial charge in [0.1, 0.15) is 52.3 Å². The Balaban J connectivity index is 0.000000142. The first-order valence-electron chi connectivity index (χ1n) is 31.6. The Morgan fingerprint density at radius 3 is 1.41 bits per heavy atom. The van der Waals surface area contributed by atoms with Crippen LogP contribution in [-0.4, -0.2) is 130 Å². The van der Waals surface area contributed by atoms with Crippen LogP contribution in [0.1, 0.15) is 74.3 Å². The Morgan fingerprint density at radius 2 is 0.909 bits per heavy atom. The maximum Gasteiger partial charge on any atom is 0.289 e. The molecule has 25 heteroatoms. The van der Waals surface area contributed by atoms with E-state index in [2.05, 4.69) is 12.1 Å². The van der Waals surface area contributed by atoms with Gasteiger partial charge in [0, 0.05) is 102 Å². The first-order chi connectivity index (χ1) is 47.9. The van der Waals surface area contributed by atoms with Gasteiger partial charge in [-0.25, -0.2) is 13.2 Å². The Kier molecular flexibility index (Phi) is 19.8. The van der Waals surface area contributed by atoms with Gasteiger partial charge in [0.25, 0.3) is 34.4 Å². The topological polar surface area (TPSA) is 238 Å². The highest BCUT2D eigenvalue weighted by molar-refractivity contribution is 7.16. The predicted molar refractivity (Wildman–Crippen MR) is 372 cm³/mol. The van der Waals surface area contributed by atoms with Crippen LogP contribution in [0.5, 0.6) is 0 Å². The number of furan rings is 1. The van der Waals surface area contributed by atoms with E-state index in [0.29, 0.717) is 138 Å². The number of rotatable bonds is 11. The highest BCUT2D eigenvalue weighted by Crippen LogP contribution is 2.35. The van der Waals surface area contributed by atoms with Crippen molar-refractivity contribution in [2.75, 3.05) is 93.2 Å². The second kappa shape index (κ2) is 29.2. The minimum atomic E-state index is -0.442. The molecule has 0 aliphatic carbocycles. The number of ketones is 1. The van der Waals surface area contributed by atoms with Crippen LogP contribution in [0, 0.1) is 51.4 Å². The fourth-order valence-corrected chi connectivity index (χ4v) is 14.3. The van der Waals surface area contributed by atoms with Gasteiger partial charge in [0.2, 0.25) is 0 Å². The molecule has 6 aromatic heterocycles. The molecule has 3 aliphatic heterocycles. The molecule has 0 N–H and O–H groups in total. The van der Waals surface area contributed by atoms with E-state index in [1.165, 1.54) is 87.5 Å². The molecule has 0 spiro atoms. The monoisotopic (exact) mass is 1370 g/mol. The van der Waals surface area contributed by atoms with E-state index in [4.69, 9.17) is 4.42 Å². The zero-order valence-electron chi connectivity index (χ0n) is 53.6. The number of para-hydroxylation sites is 1. The molecule has 0 saturated carbocycles. The first kappa shape index (κ1) is 67.1. The molecule has 20 nitrogen and oxygen atoms in total. The molecule has 99 heavy (non-hydrogen) atoms. The fourth-order valence-electron chi connectivity index (χ4n) is 12.8. The van der Waals surface area contributed by atoms with Gasteiger partial charge in [-0.2, -0.15) is 15.8 Å². The Labute approximate surface area is 572 Å². The molecule has 9 heterocycles. The summed E-state index contributed by atoms with van der Waals surface area (Å²) in [6.45, 7) is 7.13. The van der Waals surface area contributed by atoms with E-state index in [1.807, 2.05) is 86.8 Å². The lowest BCUT2D eigenvalue weighted by Gasteiger charge is -2.37. The number of pyridine rings is 3. The number of thiophene rings is 2. The van der Waals surface area contributed by atoms with Gasteiger partial charge in [0.15, 0.2) is 11.5 Å². The smallest absolute Gasteiger partial charge is 0.289 e. The summed E-state index contributed by atoms with van der Waals surface area (Å²) in [6.07, 6.45) is 1.45. The number of anilines is 3. The average Bonchev–Trinajstić information content (AvgIpc) is 1.25. The maximum atomic E-state index is 14.4. The summed E-state index contributed by atoms with van der Waals surface area (Å²) in [7, 11) is 1.56. The third-order valence-electron chi connectivity index (χ3n) is 17.7. The molecule has 11 aromatic rings. The number of nitrogens with zero attached hydrogens (tertiary/aromatic N) is 12. The molecule has 0 atom stereocenters. The number of nitriles is 3. The molecule has 0 unspecified atom stereocenters. The number of halogens is 3. The van der Waals surface area contributed by atoms with Crippen LogP contribution in [0.15, 0.2) is 182 Å². The molecule has 5 aromatic carbocycles. The van der Waals surface area contributed by atoms with Crippen molar-refractivity contribution in [3.05, 3.63) is 260 Å². The van der Waals surface area contributed by atoms with Crippen molar-refractivity contribution in [3.63, 3.8) is 0 Å². The van der Waals surface area contributed by atoms with E-state index in [9.17, 15) is 62.5 Å². The molecule has 3 fully saturated rings. The summed E-state index contributed by atoms with van der Waals surface area (Å²) >= 11 is 2.59. The number of carbonyl (C=O) groups is 4. The Morgan fingerprint density at radius 1 is 0.455 bits per heavy atom. The second-order valence-corrected chi connectivity index (χ2v) is 25.6. The van der Waals surface area contributed by atoms with Crippen LogP contribution in [0.2, 0.25) is 0 Å². The SMILES string of the molecule is CC(=O)c1ccc(C(=O)N2CCN(c3c(C#N)c(=O)n(Cc4ccc(F)cc4)c4ccccc34)CC2)s1.Cn1c(=O)c(C#N)c(N2CCN(C(=O)c3ccco3)CC2)c2cc(F)ccc21.N#Cc1c(N2CCN(C(=O)c3cccs3)CC2)c2cc(F)ccc2n(Cc2ccccc2)c1=O. The van der Waals surface area contributed by atoms with Crippen molar-refractivity contribution >= 4 is 95.9 Å². The maximum absolute atomic E-state index is 14.4. The third kappa shape index (κ3) is 13.8. The van der Waals surface area contributed by atoms with Gasteiger partial charge in [0.05, 0.1) is 67.6 Å². The van der Waals surface area contributed by atoms with Gasteiger partial charge < -0.3 is 47.5 Å². The van der Waals surface area contributed by atoms with Crippen LogP contribution >= 0.6 is 22.7 Å². The summed E-state index contributed by atoms with van der Waals surface area (Å²) in [5.74, 6) is -1.39. The van der Waals surface area contributed by atoms with Crippen molar-refractivity contribution < 1.29 is 36.8 Å². The van der Waals surface area contributed by atoms with E-state index >= 15 is 0 Å². The molecule has 3 aliphatic rings. The quantitative estimate of drug-likeness (QED) is 0.110. The van der Waals surface area contributed by atoms with Gasteiger partial charge in [-0.1, -0.05) is 66.7 Å². The lowest BCUT2D eigenvalue weighted by atomic mass is 10.1. The second-order valence-electron chi connectivity index (χ2n) is 23.6. The van der Waals surface area contributed by atoms with Gasteiger partial charge in [-0.3, -0.25) is 33.6 Å². The largest absolute Gasteiger partial charge is 0.459 e. The van der Waals surface area contributed by atoms with E-state index in [1.54, 1.807) is 74.8 Å². The number of amides is 3. The summed E-state index contributed by atoms with van der Waals surface area (Å²) < 4.78 is 51.3. The predicted octanol–water partition coefficient (Wildman–Crippen LogP) is 10.5. The summed E-state index contributed by atoms with van der Waals surface area (Å²) in [4.78, 5) is 102. The molecule has 3 saturated heterocycles. The highest BCUT2D eigenvalue weighted by atomic mass is 32.1. The molecule has 498 valence electrons. The molecular weight excluding hydrogens is 1310 g/mol. The minimum absolute atomic E-state index is 0.00735. The minimum Gasteiger partial charge on any atom is -0.459 e. The number of fused-ring (bicyclic) bond motifs is 3. The van der Waals surface area contributed by atoms with Crippen LogP contribution < -0.4 is 31.4 Å². The number of piperazine rings is 3. The van der Waals surface area contributed by atoms with Crippen molar-refractivity contribution in [2.45, 2.75) is 20.0 Å². The number of aromatic nitrogens is 3. The average molecular weight is 1370 g/mol. The van der Waals surface area contributed by atoms with E-state index in [0.717, 1.165) is 16.5 Å². The fraction of sp³-hybridized carbons (Fsp3) is 0.216. The summed E-state index contributed by atoms with van der Waals surface area (Å²) in [6, 6.07) is 47.8. The number of hydrogen-bond donors (Lipinski definition) is 0. The van der Waals surface area contributed by atoms with Crippen molar-refractivity contribution in [2.24, 2.45) is 7.05 Å². The van der Waals surface area contributed by atoms with E-state index in [-0.39, 0.29) is 64.9 Å². The summed E-state index contributed by atoms with van der Waals surface area (Å²) in [5.41, 5.74) is 3.67. The van der Waals surface area contributed by atoms with Crippen LogP contribution in [0.4, 0.5) is 30.2 Å². The van der Waals surface area contributed by atoms with E-state index < -0.39 is 28.3 Å². The normalized spacial score (nSPS) is 13.8.